The van der Waals surface area contributed by atoms with E-state index in [1.54, 1.807) is 25.1 Å². The smallest absolute Gasteiger partial charge is 0.313 e. The summed E-state index contributed by atoms with van der Waals surface area (Å²) in [6, 6.07) is 5.13. The highest BCUT2D eigenvalue weighted by atomic mass is 16.6. The molecule has 1 saturated carbocycles. The molecule has 1 fully saturated rings. The Kier molecular flexibility index (Phi) is 4.60. The molecule has 0 atom stereocenters. The zero-order valence-corrected chi connectivity index (χ0v) is 11.9. The van der Waals surface area contributed by atoms with Crippen LogP contribution >= 0.6 is 0 Å². The number of aryl methyl sites for hydroxylation is 1. The monoisotopic (exact) mass is 278 g/mol. The molecule has 5 heteroatoms. The van der Waals surface area contributed by atoms with Gasteiger partial charge in [-0.2, -0.15) is 0 Å². The molecule has 0 heterocycles. The maximum absolute atomic E-state index is 11.1. The number of nitrogens with zero attached hydrogens (tertiary/aromatic N) is 1. The lowest BCUT2D eigenvalue weighted by molar-refractivity contribution is -0.386. The molecule has 0 spiro atoms. The zero-order valence-electron chi connectivity index (χ0n) is 11.9. The number of hydrogen-bond acceptors (Lipinski definition) is 4. The second-order valence-corrected chi connectivity index (χ2v) is 5.74. The van der Waals surface area contributed by atoms with Crippen molar-refractivity contribution in [2.45, 2.75) is 51.0 Å². The molecular formula is C15H22N2O3. The van der Waals surface area contributed by atoms with E-state index in [1.807, 2.05) is 0 Å². The van der Waals surface area contributed by atoms with Crippen molar-refractivity contribution >= 4 is 5.69 Å². The molecule has 1 aromatic carbocycles. The van der Waals surface area contributed by atoms with E-state index in [-0.39, 0.29) is 16.1 Å². The minimum atomic E-state index is -0.388. The number of nitro groups is 1. The molecular weight excluding hydrogens is 256 g/mol. The molecule has 2 rings (SSSR count). The van der Waals surface area contributed by atoms with Gasteiger partial charge in [-0.1, -0.05) is 37.8 Å². The molecule has 0 unspecified atom stereocenters. The molecule has 0 bridgehead atoms. The van der Waals surface area contributed by atoms with Crippen LogP contribution in [0.5, 0.6) is 5.75 Å². The Balaban J connectivity index is 2.10. The van der Waals surface area contributed by atoms with Crippen LogP contribution in [0.15, 0.2) is 18.2 Å². The summed E-state index contributed by atoms with van der Waals surface area (Å²) in [7, 11) is 0. The standard InChI is InChI=1S/C15H22N2O3/c1-12-7-6-8-13(14(12)17(18)19)20-11-15(16)9-4-2-3-5-10-15/h6-8H,2-5,9-11,16H2,1H3. The van der Waals surface area contributed by atoms with E-state index >= 15 is 0 Å². The van der Waals surface area contributed by atoms with E-state index in [9.17, 15) is 10.1 Å². The van der Waals surface area contributed by atoms with Crippen molar-refractivity contribution in [2.75, 3.05) is 6.61 Å². The van der Waals surface area contributed by atoms with Gasteiger partial charge in [-0.05, 0) is 25.8 Å². The number of ether oxygens (including phenoxy) is 1. The van der Waals surface area contributed by atoms with Crippen LogP contribution in [0.1, 0.15) is 44.1 Å². The van der Waals surface area contributed by atoms with Gasteiger partial charge in [-0.15, -0.1) is 0 Å². The summed E-state index contributed by atoms with van der Waals surface area (Å²) in [5.74, 6) is 0.323. The molecule has 1 aliphatic carbocycles. The molecule has 1 aliphatic rings. The predicted octanol–water partition coefficient (Wildman–Crippen LogP) is 3.33. The number of hydrogen-bond donors (Lipinski definition) is 1. The number of benzene rings is 1. The fraction of sp³-hybridized carbons (Fsp3) is 0.600. The van der Waals surface area contributed by atoms with Crippen LogP contribution in [0.2, 0.25) is 0 Å². The van der Waals surface area contributed by atoms with Crippen molar-refractivity contribution in [3.8, 4) is 5.75 Å². The number of rotatable bonds is 4. The SMILES string of the molecule is Cc1cccc(OCC2(N)CCCCCC2)c1[N+](=O)[O-]. The average molecular weight is 278 g/mol. The molecule has 0 amide bonds. The molecule has 0 aliphatic heterocycles. The Labute approximate surface area is 119 Å². The van der Waals surface area contributed by atoms with Gasteiger partial charge in [0.1, 0.15) is 6.61 Å². The molecule has 110 valence electrons. The number of para-hydroxylation sites is 1. The fourth-order valence-electron chi connectivity index (χ4n) is 2.78. The van der Waals surface area contributed by atoms with Crippen LogP contribution < -0.4 is 10.5 Å². The molecule has 2 N–H and O–H groups in total. The fourth-order valence-corrected chi connectivity index (χ4v) is 2.78. The summed E-state index contributed by atoms with van der Waals surface area (Å²) in [4.78, 5) is 10.7. The van der Waals surface area contributed by atoms with Crippen LogP contribution in [0.4, 0.5) is 5.69 Å². The highest BCUT2D eigenvalue weighted by Gasteiger charge is 2.28. The molecule has 1 aromatic rings. The van der Waals surface area contributed by atoms with E-state index in [4.69, 9.17) is 10.5 Å². The van der Waals surface area contributed by atoms with E-state index < -0.39 is 0 Å². The quantitative estimate of drug-likeness (QED) is 0.520. The van der Waals surface area contributed by atoms with Crippen molar-refractivity contribution in [1.29, 1.82) is 0 Å². The predicted molar refractivity (Wildman–Crippen MR) is 77.9 cm³/mol. The van der Waals surface area contributed by atoms with Crippen LogP contribution in [-0.2, 0) is 0 Å². The first-order valence-corrected chi connectivity index (χ1v) is 7.17. The largest absolute Gasteiger partial charge is 0.485 e. The molecule has 0 aromatic heterocycles. The van der Waals surface area contributed by atoms with Crippen LogP contribution in [0.3, 0.4) is 0 Å². The topological polar surface area (TPSA) is 78.4 Å². The van der Waals surface area contributed by atoms with E-state index in [0.29, 0.717) is 17.9 Å². The van der Waals surface area contributed by atoms with Crippen molar-refractivity contribution in [3.63, 3.8) is 0 Å². The van der Waals surface area contributed by atoms with Crippen LogP contribution in [-0.4, -0.2) is 17.1 Å². The Morgan fingerprint density at radius 3 is 2.55 bits per heavy atom. The summed E-state index contributed by atoms with van der Waals surface area (Å²) in [5.41, 5.74) is 6.68. The number of nitro benzene ring substituents is 1. The van der Waals surface area contributed by atoms with Gasteiger partial charge in [-0.25, -0.2) is 0 Å². The Morgan fingerprint density at radius 2 is 1.95 bits per heavy atom. The summed E-state index contributed by atoms with van der Waals surface area (Å²) < 4.78 is 5.71. The van der Waals surface area contributed by atoms with Crippen LogP contribution in [0, 0.1) is 17.0 Å². The van der Waals surface area contributed by atoms with E-state index in [2.05, 4.69) is 0 Å². The summed E-state index contributed by atoms with van der Waals surface area (Å²) >= 11 is 0. The first kappa shape index (κ1) is 14.8. The highest BCUT2D eigenvalue weighted by Crippen LogP contribution is 2.32. The lowest BCUT2D eigenvalue weighted by atomic mass is 9.92. The molecule has 5 nitrogen and oxygen atoms in total. The summed E-state index contributed by atoms with van der Waals surface area (Å²) in [6.45, 7) is 2.06. The molecule has 20 heavy (non-hydrogen) atoms. The Morgan fingerprint density at radius 1 is 1.30 bits per heavy atom. The Bertz CT molecular complexity index is 480. The minimum absolute atomic E-state index is 0.0460. The van der Waals surface area contributed by atoms with Gasteiger partial charge in [0.25, 0.3) is 0 Å². The first-order chi connectivity index (χ1) is 9.52. The van der Waals surface area contributed by atoms with Gasteiger partial charge in [-0.3, -0.25) is 10.1 Å². The average Bonchev–Trinajstić information content (AvgIpc) is 2.61. The lowest BCUT2D eigenvalue weighted by Crippen LogP contribution is -2.45. The second kappa shape index (κ2) is 6.22. The van der Waals surface area contributed by atoms with Crippen LogP contribution in [0.25, 0.3) is 0 Å². The van der Waals surface area contributed by atoms with E-state index in [0.717, 1.165) is 25.7 Å². The van der Waals surface area contributed by atoms with Crippen molar-refractivity contribution in [2.24, 2.45) is 5.73 Å². The number of nitrogens with two attached hydrogens (primary N) is 1. The molecule has 0 saturated heterocycles. The van der Waals surface area contributed by atoms with E-state index in [1.165, 1.54) is 12.8 Å². The normalized spacial score (nSPS) is 18.3. The first-order valence-electron chi connectivity index (χ1n) is 7.17. The van der Waals surface area contributed by atoms with Crippen molar-refractivity contribution in [3.05, 3.63) is 33.9 Å². The highest BCUT2D eigenvalue weighted by molar-refractivity contribution is 5.52. The second-order valence-electron chi connectivity index (χ2n) is 5.74. The maximum Gasteiger partial charge on any atom is 0.313 e. The summed E-state index contributed by atoms with van der Waals surface area (Å²) in [6.07, 6.45) is 6.48. The minimum Gasteiger partial charge on any atom is -0.485 e. The third-order valence-electron chi connectivity index (χ3n) is 4.00. The lowest BCUT2D eigenvalue weighted by Gasteiger charge is -2.27. The van der Waals surface area contributed by atoms with Gasteiger partial charge >= 0.3 is 5.69 Å². The van der Waals surface area contributed by atoms with Gasteiger partial charge < -0.3 is 10.5 Å². The third-order valence-corrected chi connectivity index (χ3v) is 4.00. The van der Waals surface area contributed by atoms with Crippen molar-refractivity contribution in [1.82, 2.24) is 0 Å². The summed E-state index contributed by atoms with van der Waals surface area (Å²) in [5, 5.41) is 11.1. The Hall–Kier alpha value is -1.62. The molecule has 0 radical (unpaired) electrons. The maximum atomic E-state index is 11.1. The van der Waals surface area contributed by atoms with Gasteiger partial charge in [0, 0.05) is 5.56 Å². The van der Waals surface area contributed by atoms with Gasteiger partial charge in [0.15, 0.2) is 5.75 Å². The third kappa shape index (κ3) is 3.48. The van der Waals surface area contributed by atoms with Gasteiger partial charge in [0.05, 0.1) is 10.5 Å². The van der Waals surface area contributed by atoms with Gasteiger partial charge in [0.2, 0.25) is 0 Å². The van der Waals surface area contributed by atoms with Crippen molar-refractivity contribution < 1.29 is 9.66 Å². The zero-order chi connectivity index (χ0) is 14.6.